The van der Waals surface area contributed by atoms with Crippen molar-refractivity contribution in [2.45, 2.75) is 27.3 Å². The van der Waals surface area contributed by atoms with Crippen molar-refractivity contribution in [1.29, 1.82) is 0 Å². The number of carbonyl (C=O) groups excluding carboxylic acids is 1. The van der Waals surface area contributed by atoms with Gasteiger partial charge in [-0.3, -0.25) is 15.1 Å². The van der Waals surface area contributed by atoms with E-state index in [-0.39, 0.29) is 5.91 Å². The van der Waals surface area contributed by atoms with Crippen molar-refractivity contribution < 1.29 is 9.21 Å². The lowest BCUT2D eigenvalue weighted by atomic mass is 10.0. The standard InChI is InChI=1S/C13H21N3O2/c1-8-5-16(6-9(8)2)7-11-4-12(10(3)18-11)13(17)15-14/h4,8-9H,5-7,14H2,1-3H3,(H,15,17). The van der Waals surface area contributed by atoms with Crippen molar-refractivity contribution in [3.8, 4) is 0 Å². The molecule has 2 atom stereocenters. The first kappa shape index (κ1) is 13.1. The van der Waals surface area contributed by atoms with Crippen molar-refractivity contribution in [1.82, 2.24) is 10.3 Å². The number of hydrazine groups is 1. The van der Waals surface area contributed by atoms with Gasteiger partial charge in [0.15, 0.2) is 0 Å². The molecule has 100 valence electrons. The number of furan rings is 1. The lowest BCUT2D eigenvalue weighted by Gasteiger charge is -2.12. The number of hydrogen-bond acceptors (Lipinski definition) is 4. The predicted octanol–water partition coefficient (Wildman–Crippen LogP) is 1.28. The van der Waals surface area contributed by atoms with E-state index in [0.717, 1.165) is 25.4 Å². The predicted molar refractivity (Wildman–Crippen MR) is 68.7 cm³/mol. The Bertz CT molecular complexity index is 431. The maximum atomic E-state index is 11.5. The Morgan fingerprint density at radius 2 is 2.11 bits per heavy atom. The molecule has 1 aliphatic rings. The molecular formula is C13H21N3O2. The van der Waals surface area contributed by atoms with E-state index in [9.17, 15) is 4.79 Å². The molecule has 3 N–H and O–H groups in total. The summed E-state index contributed by atoms with van der Waals surface area (Å²) in [5.41, 5.74) is 2.65. The number of nitrogen functional groups attached to an aromatic ring is 1. The van der Waals surface area contributed by atoms with Crippen molar-refractivity contribution in [2.75, 3.05) is 13.1 Å². The summed E-state index contributed by atoms with van der Waals surface area (Å²) in [5, 5.41) is 0. The minimum absolute atomic E-state index is 0.300. The third kappa shape index (κ3) is 2.57. The number of likely N-dealkylation sites (tertiary alicyclic amines) is 1. The van der Waals surface area contributed by atoms with Crippen LogP contribution < -0.4 is 11.3 Å². The number of rotatable bonds is 3. The van der Waals surface area contributed by atoms with Crippen LogP contribution in [0, 0.1) is 18.8 Å². The quantitative estimate of drug-likeness (QED) is 0.482. The Balaban J connectivity index is 2.05. The molecule has 0 bridgehead atoms. The average molecular weight is 251 g/mol. The highest BCUT2D eigenvalue weighted by atomic mass is 16.3. The fourth-order valence-electron chi connectivity index (χ4n) is 2.52. The van der Waals surface area contributed by atoms with E-state index in [4.69, 9.17) is 10.3 Å². The second-order valence-electron chi connectivity index (χ2n) is 5.30. The zero-order valence-electron chi connectivity index (χ0n) is 11.2. The molecule has 0 aliphatic carbocycles. The third-order valence-electron chi connectivity index (χ3n) is 3.79. The molecule has 1 saturated heterocycles. The molecular weight excluding hydrogens is 230 g/mol. The van der Waals surface area contributed by atoms with Crippen LogP contribution in [0.4, 0.5) is 0 Å². The summed E-state index contributed by atoms with van der Waals surface area (Å²) in [6.45, 7) is 9.24. The van der Waals surface area contributed by atoms with Gasteiger partial charge in [0.05, 0.1) is 12.1 Å². The molecule has 1 aromatic heterocycles. The lowest BCUT2D eigenvalue weighted by Crippen LogP contribution is -2.30. The van der Waals surface area contributed by atoms with Gasteiger partial charge in [-0.1, -0.05) is 13.8 Å². The van der Waals surface area contributed by atoms with Crippen molar-refractivity contribution in [3.63, 3.8) is 0 Å². The number of aryl methyl sites for hydroxylation is 1. The van der Waals surface area contributed by atoms with Crippen molar-refractivity contribution in [3.05, 3.63) is 23.2 Å². The third-order valence-corrected chi connectivity index (χ3v) is 3.79. The van der Waals surface area contributed by atoms with Gasteiger partial charge in [-0.15, -0.1) is 0 Å². The molecule has 0 saturated carbocycles. The zero-order chi connectivity index (χ0) is 13.3. The maximum absolute atomic E-state index is 11.5. The average Bonchev–Trinajstić information content (AvgIpc) is 2.82. The van der Waals surface area contributed by atoms with Gasteiger partial charge in [0.2, 0.25) is 0 Å². The first-order chi connectivity index (χ1) is 8.51. The molecule has 5 heteroatoms. The molecule has 2 unspecified atom stereocenters. The van der Waals surface area contributed by atoms with Gasteiger partial charge in [0.1, 0.15) is 11.5 Å². The van der Waals surface area contributed by atoms with Crippen LogP contribution in [-0.4, -0.2) is 23.9 Å². The summed E-state index contributed by atoms with van der Waals surface area (Å²) in [6.07, 6.45) is 0. The van der Waals surface area contributed by atoms with E-state index in [2.05, 4.69) is 24.2 Å². The first-order valence-electron chi connectivity index (χ1n) is 6.34. The van der Waals surface area contributed by atoms with Crippen molar-refractivity contribution in [2.24, 2.45) is 17.7 Å². The van der Waals surface area contributed by atoms with E-state index in [1.807, 2.05) is 0 Å². The smallest absolute Gasteiger partial charge is 0.268 e. The zero-order valence-corrected chi connectivity index (χ0v) is 11.2. The number of hydrogen-bond donors (Lipinski definition) is 2. The summed E-state index contributed by atoms with van der Waals surface area (Å²) >= 11 is 0. The Hall–Kier alpha value is -1.33. The Morgan fingerprint density at radius 1 is 1.50 bits per heavy atom. The van der Waals surface area contributed by atoms with Gasteiger partial charge in [0.25, 0.3) is 5.91 Å². The van der Waals surface area contributed by atoms with Crippen LogP contribution in [-0.2, 0) is 6.54 Å². The summed E-state index contributed by atoms with van der Waals surface area (Å²) in [6, 6.07) is 1.78. The molecule has 2 rings (SSSR count). The molecule has 1 aliphatic heterocycles. The molecule has 2 heterocycles. The molecule has 5 nitrogen and oxygen atoms in total. The van der Waals surface area contributed by atoms with Gasteiger partial charge >= 0.3 is 0 Å². The van der Waals surface area contributed by atoms with Crippen LogP contribution in [0.2, 0.25) is 0 Å². The summed E-state index contributed by atoms with van der Waals surface area (Å²) in [7, 11) is 0. The topological polar surface area (TPSA) is 71.5 Å². The molecule has 1 aromatic rings. The van der Waals surface area contributed by atoms with Crippen LogP contribution >= 0.6 is 0 Å². The highest BCUT2D eigenvalue weighted by molar-refractivity contribution is 5.94. The lowest BCUT2D eigenvalue weighted by molar-refractivity contribution is 0.0952. The van der Waals surface area contributed by atoms with Crippen LogP contribution in [0.25, 0.3) is 0 Å². The number of nitrogens with zero attached hydrogens (tertiary/aromatic N) is 1. The molecule has 1 fully saturated rings. The number of nitrogens with one attached hydrogen (secondary N) is 1. The van der Waals surface area contributed by atoms with Gasteiger partial charge < -0.3 is 4.42 Å². The number of nitrogens with two attached hydrogens (primary N) is 1. The first-order valence-corrected chi connectivity index (χ1v) is 6.34. The van der Waals surface area contributed by atoms with E-state index >= 15 is 0 Å². The van der Waals surface area contributed by atoms with E-state index in [0.29, 0.717) is 23.2 Å². The normalized spacial score (nSPS) is 24.4. The summed E-state index contributed by atoms with van der Waals surface area (Å²) in [4.78, 5) is 13.8. The van der Waals surface area contributed by atoms with Crippen LogP contribution in [0.3, 0.4) is 0 Å². The van der Waals surface area contributed by atoms with Gasteiger partial charge in [-0.25, -0.2) is 5.84 Å². The van der Waals surface area contributed by atoms with Gasteiger partial charge in [-0.2, -0.15) is 0 Å². The van der Waals surface area contributed by atoms with Crippen LogP contribution in [0.15, 0.2) is 10.5 Å². The molecule has 18 heavy (non-hydrogen) atoms. The monoisotopic (exact) mass is 251 g/mol. The summed E-state index contributed by atoms with van der Waals surface area (Å²) < 4.78 is 5.61. The van der Waals surface area contributed by atoms with Gasteiger partial charge in [-0.05, 0) is 24.8 Å². The number of amides is 1. The van der Waals surface area contributed by atoms with E-state index in [1.54, 1.807) is 13.0 Å². The van der Waals surface area contributed by atoms with Crippen LogP contribution in [0.1, 0.15) is 35.7 Å². The minimum atomic E-state index is -0.300. The fraction of sp³-hybridized carbons (Fsp3) is 0.615. The van der Waals surface area contributed by atoms with Crippen LogP contribution in [0.5, 0.6) is 0 Å². The minimum Gasteiger partial charge on any atom is -0.464 e. The second kappa shape index (κ2) is 5.12. The Labute approximate surface area is 107 Å². The van der Waals surface area contributed by atoms with E-state index < -0.39 is 0 Å². The summed E-state index contributed by atoms with van der Waals surface area (Å²) in [5.74, 6) is 7.71. The number of carbonyl (C=O) groups is 1. The van der Waals surface area contributed by atoms with Gasteiger partial charge in [0, 0.05) is 13.1 Å². The van der Waals surface area contributed by atoms with Crippen molar-refractivity contribution >= 4 is 5.91 Å². The highest BCUT2D eigenvalue weighted by Gasteiger charge is 2.27. The molecule has 0 radical (unpaired) electrons. The molecule has 0 spiro atoms. The maximum Gasteiger partial charge on any atom is 0.268 e. The SMILES string of the molecule is Cc1oc(CN2CC(C)C(C)C2)cc1C(=O)NN. The second-order valence-corrected chi connectivity index (χ2v) is 5.30. The Morgan fingerprint density at radius 3 is 2.67 bits per heavy atom. The van der Waals surface area contributed by atoms with E-state index in [1.165, 1.54) is 0 Å². The fourth-order valence-corrected chi connectivity index (χ4v) is 2.52. The molecule has 1 amide bonds. The molecule has 0 aromatic carbocycles. The highest BCUT2D eigenvalue weighted by Crippen LogP contribution is 2.25. The largest absolute Gasteiger partial charge is 0.464 e. The Kier molecular flexibility index (Phi) is 3.73.